The number of aliphatic carboxylic acids is 1. The second kappa shape index (κ2) is 7.59. The van der Waals surface area contributed by atoms with Crippen molar-refractivity contribution in [1.29, 1.82) is 0 Å². The van der Waals surface area contributed by atoms with E-state index in [-0.39, 0.29) is 11.5 Å². The van der Waals surface area contributed by atoms with E-state index >= 15 is 0 Å². The number of carbonyl (C=O) groups is 3. The Kier molecular flexibility index (Phi) is 4.83. The third-order valence-electron chi connectivity index (χ3n) is 4.91. The third-order valence-corrected chi connectivity index (χ3v) is 4.91. The molecule has 4 rings (SSSR count). The molecule has 1 atom stereocenters. The van der Waals surface area contributed by atoms with E-state index in [1.54, 1.807) is 53.4 Å². The van der Waals surface area contributed by atoms with E-state index in [1.165, 1.54) is 0 Å². The van der Waals surface area contributed by atoms with Crippen LogP contribution in [0.25, 0.3) is 0 Å². The van der Waals surface area contributed by atoms with Crippen molar-refractivity contribution in [3.05, 3.63) is 101 Å². The summed E-state index contributed by atoms with van der Waals surface area (Å²) < 4.78 is 0. The van der Waals surface area contributed by atoms with E-state index in [4.69, 9.17) is 0 Å². The number of para-hydroxylation sites is 1. The number of carboxylic acid groups (broad SMARTS) is 1. The van der Waals surface area contributed by atoms with Crippen LogP contribution < -0.4 is 10.2 Å². The Morgan fingerprint density at radius 2 is 1.55 bits per heavy atom. The molecule has 0 radical (unpaired) electrons. The zero-order valence-corrected chi connectivity index (χ0v) is 15.4. The molecule has 3 aromatic carbocycles. The number of hydrogen-bond donors (Lipinski definition) is 2. The van der Waals surface area contributed by atoms with Gasteiger partial charge in [-0.3, -0.25) is 9.59 Å². The van der Waals surface area contributed by atoms with Gasteiger partial charge >= 0.3 is 5.97 Å². The van der Waals surface area contributed by atoms with Gasteiger partial charge in [-0.1, -0.05) is 60.7 Å². The summed E-state index contributed by atoms with van der Waals surface area (Å²) in [6.45, 7) is 0.361. The number of carbonyl (C=O) groups excluding carboxylic acids is 2. The first-order valence-electron chi connectivity index (χ1n) is 9.13. The van der Waals surface area contributed by atoms with Crippen LogP contribution in [0.5, 0.6) is 0 Å². The van der Waals surface area contributed by atoms with Crippen molar-refractivity contribution in [2.75, 3.05) is 4.90 Å². The quantitative estimate of drug-likeness (QED) is 0.704. The summed E-state index contributed by atoms with van der Waals surface area (Å²) in [5.41, 5.74) is 2.42. The molecule has 0 bridgehead atoms. The third kappa shape index (κ3) is 3.48. The summed E-state index contributed by atoms with van der Waals surface area (Å²) in [5.74, 6) is -2.04. The molecule has 2 amide bonds. The molecular formula is C23H18N2O4. The standard InChI is InChI=1S/C23H18N2O4/c26-21(24-20(23(28)29)15-8-3-1-4-9-15)18-13-7-10-16-14-25(22(27)19(16)18)17-11-5-2-6-12-17/h1-13,20H,14H2,(H,24,26)(H,28,29). The summed E-state index contributed by atoms with van der Waals surface area (Å²) in [4.78, 5) is 39.3. The van der Waals surface area contributed by atoms with E-state index in [0.29, 0.717) is 17.7 Å². The van der Waals surface area contributed by atoms with Crippen LogP contribution in [0, 0.1) is 0 Å². The van der Waals surface area contributed by atoms with Crippen molar-refractivity contribution < 1.29 is 19.5 Å². The number of amides is 2. The smallest absolute Gasteiger partial charge is 0.330 e. The summed E-state index contributed by atoms with van der Waals surface area (Å²) in [6, 6.07) is 21.5. The minimum absolute atomic E-state index is 0.174. The first-order valence-corrected chi connectivity index (χ1v) is 9.13. The molecule has 6 nitrogen and oxygen atoms in total. The number of hydrogen-bond acceptors (Lipinski definition) is 3. The Morgan fingerprint density at radius 3 is 2.21 bits per heavy atom. The number of fused-ring (bicyclic) bond motifs is 1. The van der Waals surface area contributed by atoms with E-state index in [1.807, 2.05) is 30.3 Å². The highest BCUT2D eigenvalue weighted by atomic mass is 16.4. The largest absolute Gasteiger partial charge is 0.479 e. The van der Waals surface area contributed by atoms with Gasteiger partial charge < -0.3 is 15.3 Å². The van der Waals surface area contributed by atoms with Crippen molar-refractivity contribution in [2.24, 2.45) is 0 Å². The molecule has 29 heavy (non-hydrogen) atoms. The summed E-state index contributed by atoms with van der Waals surface area (Å²) in [7, 11) is 0. The Balaban J connectivity index is 1.65. The molecule has 0 fully saturated rings. The van der Waals surface area contributed by atoms with E-state index in [9.17, 15) is 19.5 Å². The Morgan fingerprint density at radius 1 is 0.897 bits per heavy atom. The minimum atomic E-state index is -1.21. The fourth-order valence-corrected chi connectivity index (χ4v) is 3.51. The van der Waals surface area contributed by atoms with Crippen molar-refractivity contribution in [3.63, 3.8) is 0 Å². The van der Waals surface area contributed by atoms with Crippen LogP contribution in [0.2, 0.25) is 0 Å². The van der Waals surface area contributed by atoms with Crippen LogP contribution in [-0.4, -0.2) is 22.9 Å². The van der Waals surface area contributed by atoms with Crippen molar-refractivity contribution in [2.45, 2.75) is 12.6 Å². The van der Waals surface area contributed by atoms with Gasteiger partial charge in [0.1, 0.15) is 0 Å². The molecule has 1 heterocycles. The van der Waals surface area contributed by atoms with Crippen LogP contribution in [0.15, 0.2) is 78.9 Å². The lowest BCUT2D eigenvalue weighted by atomic mass is 10.0. The molecular weight excluding hydrogens is 368 g/mol. The molecule has 0 saturated heterocycles. The molecule has 2 N–H and O–H groups in total. The summed E-state index contributed by atoms with van der Waals surface area (Å²) in [6.07, 6.45) is 0. The van der Waals surface area contributed by atoms with Crippen LogP contribution >= 0.6 is 0 Å². The Labute approximate surface area is 167 Å². The monoisotopic (exact) mass is 386 g/mol. The normalized spacial score (nSPS) is 13.7. The maximum Gasteiger partial charge on any atom is 0.330 e. The van der Waals surface area contributed by atoms with Crippen LogP contribution in [0.3, 0.4) is 0 Å². The fraction of sp³-hybridized carbons (Fsp3) is 0.0870. The highest BCUT2D eigenvalue weighted by molar-refractivity contribution is 6.16. The van der Waals surface area contributed by atoms with E-state index < -0.39 is 17.9 Å². The molecule has 0 aliphatic carbocycles. The summed E-state index contributed by atoms with van der Waals surface area (Å²) in [5, 5.41) is 12.1. The highest BCUT2D eigenvalue weighted by Gasteiger charge is 2.33. The van der Waals surface area contributed by atoms with Crippen LogP contribution in [-0.2, 0) is 11.3 Å². The fourth-order valence-electron chi connectivity index (χ4n) is 3.51. The number of rotatable bonds is 5. The SMILES string of the molecule is O=C(NC(C(=O)O)c1ccccc1)c1cccc2c1C(=O)N(c1ccccc1)C2. The molecule has 1 aliphatic rings. The average Bonchev–Trinajstić information content (AvgIpc) is 3.09. The molecule has 3 aromatic rings. The highest BCUT2D eigenvalue weighted by Crippen LogP contribution is 2.30. The van der Waals surface area contributed by atoms with Crippen molar-refractivity contribution >= 4 is 23.5 Å². The van der Waals surface area contributed by atoms with Gasteiger partial charge in [0.05, 0.1) is 17.7 Å². The number of carboxylic acids is 1. The lowest BCUT2D eigenvalue weighted by molar-refractivity contribution is -0.139. The van der Waals surface area contributed by atoms with Gasteiger partial charge in [0.15, 0.2) is 6.04 Å². The summed E-state index contributed by atoms with van der Waals surface area (Å²) >= 11 is 0. The second-order valence-electron chi connectivity index (χ2n) is 6.72. The van der Waals surface area contributed by atoms with Gasteiger partial charge in [0.25, 0.3) is 11.8 Å². The molecule has 0 spiro atoms. The minimum Gasteiger partial charge on any atom is -0.479 e. The zero-order valence-electron chi connectivity index (χ0n) is 15.4. The lowest BCUT2D eigenvalue weighted by Gasteiger charge is -2.17. The van der Waals surface area contributed by atoms with Gasteiger partial charge in [-0.2, -0.15) is 0 Å². The van der Waals surface area contributed by atoms with Crippen molar-refractivity contribution in [1.82, 2.24) is 5.32 Å². The predicted molar refractivity (Wildman–Crippen MR) is 108 cm³/mol. The van der Waals surface area contributed by atoms with Gasteiger partial charge in [-0.05, 0) is 29.3 Å². The van der Waals surface area contributed by atoms with E-state index in [0.717, 1.165) is 11.3 Å². The number of anilines is 1. The molecule has 0 aromatic heterocycles. The lowest BCUT2D eigenvalue weighted by Crippen LogP contribution is -2.35. The maximum atomic E-state index is 13.0. The maximum absolute atomic E-state index is 13.0. The molecule has 6 heteroatoms. The Hall–Kier alpha value is -3.93. The second-order valence-corrected chi connectivity index (χ2v) is 6.72. The van der Waals surface area contributed by atoms with Gasteiger partial charge in [-0.15, -0.1) is 0 Å². The first kappa shape index (κ1) is 18.4. The zero-order chi connectivity index (χ0) is 20.4. The number of benzene rings is 3. The number of nitrogens with zero attached hydrogens (tertiary/aromatic N) is 1. The van der Waals surface area contributed by atoms with Crippen molar-refractivity contribution in [3.8, 4) is 0 Å². The van der Waals surface area contributed by atoms with Gasteiger partial charge in [0.2, 0.25) is 0 Å². The van der Waals surface area contributed by atoms with Crippen LogP contribution in [0.4, 0.5) is 5.69 Å². The first-order chi connectivity index (χ1) is 14.1. The average molecular weight is 386 g/mol. The molecule has 1 aliphatic heterocycles. The molecule has 144 valence electrons. The topological polar surface area (TPSA) is 86.7 Å². The molecule has 0 saturated carbocycles. The van der Waals surface area contributed by atoms with E-state index in [2.05, 4.69) is 5.32 Å². The predicted octanol–water partition coefficient (Wildman–Crippen LogP) is 3.40. The molecule has 1 unspecified atom stereocenters. The van der Waals surface area contributed by atoms with Gasteiger partial charge in [0, 0.05) is 5.69 Å². The Bertz CT molecular complexity index is 1080. The van der Waals surface area contributed by atoms with Crippen LogP contribution in [0.1, 0.15) is 37.9 Å². The number of nitrogens with one attached hydrogen (secondary N) is 1. The van der Waals surface area contributed by atoms with Gasteiger partial charge in [-0.25, -0.2) is 4.79 Å².